The minimum atomic E-state index is -0.436. The molecule has 1 unspecified atom stereocenters. The Balaban J connectivity index is 0.000000143. The summed E-state index contributed by atoms with van der Waals surface area (Å²) in [7, 11) is 0. The van der Waals surface area contributed by atoms with E-state index in [0.29, 0.717) is 5.56 Å². The summed E-state index contributed by atoms with van der Waals surface area (Å²) in [4.78, 5) is 22.1. The van der Waals surface area contributed by atoms with E-state index in [2.05, 4.69) is 42.5 Å². The van der Waals surface area contributed by atoms with Crippen LogP contribution in [0.15, 0.2) is 84.9 Å². The molecule has 138 valence electrons. The predicted molar refractivity (Wildman–Crippen MR) is 109 cm³/mol. The minimum absolute atomic E-state index is 0.219. The van der Waals surface area contributed by atoms with E-state index in [-0.39, 0.29) is 6.10 Å². The first-order chi connectivity index (χ1) is 13.7. The number of allylic oxidation sites excluding steroid dienone is 1. The van der Waals surface area contributed by atoms with E-state index in [4.69, 9.17) is 4.74 Å². The Hall–Kier alpha value is -3.46. The number of Topliss-reactive ketones (excluding diaryl/α,β-unsaturated/α-hetero) is 1. The highest BCUT2D eigenvalue weighted by Gasteiger charge is 2.20. The number of aryl methyl sites for hydroxylation is 1. The number of carbonyl (C=O) groups is 2. The number of hydrogen-bond acceptors (Lipinski definition) is 3. The van der Waals surface area contributed by atoms with Gasteiger partial charge in [0.15, 0.2) is 0 Å². The van der Waals surface area contributed by atoms with Gasteiger partial charge in [-0.25, -0.2) is 0 Å². The van der Waals surface area contributed by atoms with Crippen LogP contribution in [0, 0.1) is 0 Å². The van der Waals surface area contributed by atoms with Crippen LogP contribution in [-0.2, 0) is 11.2 Å². The molecule has 2 aliphatic rings. The highest BCUT2D eigenvalue weighted by molar-refractivity contribution is 6.49. The molecular weight excluding hydrogens is 348 g/mol. The summed E-state index contributed by atoms with van der Waals surface area (Å²) < 4.78 is 6.02. The predicted octanol–water partition coefficient (Wildman–Crippen LogP) is 5.22. The molecule has 3 heteroatoms. The second-order valence-electron chi connectivity index (χ2n) is 6.78. The fourth-order valence-corrected chi connectivity index (χ4v) is 3.45. The zero-order valence-corrected chi connectivity index (χ0v) is 15.4. The van der Waals surface area contributed by atoms with Crippen molar-refractivity contribution in [1.82, 2.24) is 0 Å². The van der Waals surface area contributed by atoms with Crippen LogP contribution in [0.25, 0.3) is 6.08 Å². The van der Waals surface area contributed by atoms with E-state index in [9.17, 15) is 9.59 Å². The molecule has 1 heterocycles. The number of para-hydroxylation sites is 1. The Labute approximate surface area is 164 Å². The normalized spacial score (nSPS) is 16.9. The van der Waals surface area contributed by atoms with Gasteiger partial charge in [-0.15, -0.1) is 0 Å². The Kier molecular flexibility index (Phi) is 5.16. The first-order valence-electron chi connectivity index (χ1n) is 9.37. The summed E-state index contributed by atoms with van der Waals surface area (Å²) in [5.41, 5.74) is 3.93. The van der Waals surface area contributed by atoms with Crippen LogP contribution in [0.2, 0.25) is 0 Å². The Morgan fingerprint density at radius 2 is 1.46 bits per heavy atom. The summed E-state index contributed by atoms with van der Waals surface area (Å²) in [6.07, 6.45) is 5.37. The monoisotopic (exact) mass is 368 g/mol. The van der Waals surface area contributed by atoms with E-state index < -0.39 is 11.6 Å². The molecule has 5 rings (SSSR count). The third-order valence-electron chi connectivity index (χ3n) is 4.93. The van der Waals surface area contributed by atoms with Crippen LogP contribution in [-0.4, -0.2) is 11.6 Å². The van der Waals surface area contributed by atoms with Gasteiger partial charge in [0.2, 0.25) is 11.6 Å². The number of hydrogen-bond donors (Lipinski definition) is 0. The number of benzene rings is 3. The van der Waals surface area contributed by atoms with E-state index in [0.717, 1.165) is 24.2 Å². The van der Waals surface area contributed by atoms with Gasteiger partial charge in [0.05, 0.1) is 0 Å². The average Bonchev–Trinajstić information content (AvgIpc) is 2.77. The molecule has 0 fully saturated rings. The third kappa shape index (κ3) is 3.79. The van der Waals surface area contributed by atoms with Crippen LogP contribution < -0.4 is 4.74 Å². The molecule has 3 nitrogen and oxygen atoms in total. The Bertz CT molecular complexity index is 1030. The third-order valence-corrected chi connectivity index (χ3v) is 4.93. The molecule has 1 aliphatic heterocycles. The van der Waals surface area contributed by atoms with Crippen molar-refractivity contribution in [2.45, 2.75) is 18.9 Å². The fraction of sp³-hybridized carbons (Fsp3) is 0.120. The minimum Gasteiger partial charge on any atom is -0.485 e. The largest absolute Gasteiger partial charge is 0.485 e. The first kappa shape index (κ1) is 17.9. The standard InChI is InChI=1S/C15H14O.C10H6O2/c1-2-6-12(7-3-1)15-11-10-13-8-4-5-9-14(13)16-15;11-9-6-5-7-3-1-2-4-8(7)10(9)12/h1-9,15H,10-11H2;1-6H. The molecular formula is C25H20O3. The molecule has 0 radical (unpaired) electrons. The highest BCUT2D eigenvalue weighted by atomic mass is 16.5. The maximum atomic E-state index is 11.2. The highest BCUT2D eigenvalue weighted by Crippen LogP contribution is 2.34. The van der Waals surface area contributed by atoms with E-state index in [1.54, 1.807) is 18.2 Å². The molecule has 1 aliphatic carbocycles. The van der Waals surface area contributed by atoms with Crippen LogP contribution in [0.5, 0.6) is 5.75 Å². The van der Waals surface area contributed by atoms with Gasteiger partial charge in [-0.2, -0.15) is 0 Å². The number of rotatable bonds is 1. The molecule has 0 bridgehead atoms. The quantitative estimate of drug-likeness (QED) is 0.553. The second kappa shape index (κ2) is 8.05. The summed E-state index contributed by atoms with van der Waals surface area (Å²) in [6.45, 7) is 0. The van der Waals surface area contributed by atoms with Crippen molar-refractivity contribution < 1.29 is 14.3 Å². The molecule has 28 heavy (non-hydrogen) atoms. The lowest BCUT2D eigenvalue weighted by atomic mass is 9.96. The van der Waals surface area contributed by atoms with Gasteiger partial charge in [0.1, 0.15) is 11.9 Å². The molecule has 0 spiro atoms. The van der Waals surface area contributed by atoms with Crippen molar-refractivity contribution in [1.29, 1.82) is 0 Å². The van der Waals surface area contributed by atoms with Gasteiger partial charge in [-0.05, 0) is 41.7 Å². The zero-order chi connectivity index (χ0) is 19.3. The number of ketones is 2. The second-order valence-corrected chi connectivity index (χ2v) is 6.78. The van der Waals surface area contributed by atoms with E-state index in [1.807, 2.05) is 24.3 Å². The smallest absolute Gasteiger partial charge is 0.233 e. The lowest BCUT2D eigenvalue weighted by Crippen LogP contribution is -2.15. The van der Waals surface area contributed by atoms with Crippen molar-refractivity contribution in [3.63, 3.8) is 0 Å². The molecule has 0 saturated carbocycles. The molecule has 0 saturated heterocycles. The van der Waals surface area contributed by atoms with Crippen LogP contribution in [0.1, 0.15) is 39.6 Å². The lowest BCUT2D eigenvalue weighted by Gasteiger charge is -2.26. The average molecular weight is 368 g/mol. The lowest BCUT2D eigenvalue weighted by molar-refractivity contribution is -0.110. The topological polar surface area (TPSA) is 43.4 Å². The molecule has 0 amide bonds. The summed E-state index contributed by atoms with van der Waals surface area (Å²) >= 11 is 0. The molecule has 3 aromatic carbocycles. The zero-order valence-electron chi connectivity index (χ0n) is 15.4. The molecule has 0 N–H and O–H groups in total. The maximum Gasteiger partial charge on any atom is 0.233 e. The number of fused-ring (bicyclic) bond motifs is 2. The number of carbonyl (C=O) groups excluding carboxylic acids is 2. The van der Waals surface area contributed by atoms with Gasteiger partial charge in [0, 0.05) is 5.56 Å². The maximum absolute atomic E-state index is 11.2. The number of ether oxygens (including phenoxy) is 1. The van der Waals surface area contributed by atoms with Crippen molar-refractivity contribution in [3.8, 4) is 5.75 Å². The summed E-state index contributed by atoms with van der Waals surface area (Å²) in [5.74, 6) is 0.199. The van der Waals surface area contributed by atoms with Crippen molar-refractivity contribution in [3.05, 3.63) is 107 Å². The van der Waals surface area contributed by atoms with Crippen molar-refractivity contribution in [2.75, 3.05) is 0 Å². The van der Waals surface area contributed by atoms with Crippen molar-refractivity contribution in [2.24, 2.45) is 0 Å². The van der Waals surface area contributed by atoms with Gasteiger partial charge >= 0.3 is 0 Å². The Morgan fingerprint density at radius 3 is 2.32 bits per heavy atom. The van der Waals surface area contributed by atoms with Gasteiger partial charge < -0.3 is 4.74 Å². The van der Waals surface area contributed by atoms with E-state index >= 15 is 0 Å². The van der Waals surface area contributed by atoms with E-state index in [1.165, 1.54) is 17.2 Å². The van der Waals surface area contributed by atoms with Crippen molar-refractivity contribution >= 4 is 17.6 Å². The van der Waals surface area contributed by atoms with Crippen LogP contribution in [0.4, 0.5) is 0 Å². The fourth-order valence-electron chi connectivity index (χ4n) is 3.45. The van der Waals surface area contributed by atoms with Gasteiger partial charge in [-0.3, -0.25) is 9.59 Å². The molecule has 0 aromatic heterocycles. The summed E-state index contributed by atoms with van der Waals surface area (Å²) in [5, 5.41) is 0. The molecule has 1 atom stereocenters. The van der Waals surface area contributed by atoms with Crippen LogP contribution >= 0.6 is 0 Å². The first-order valence-corrected chi connectivity index (χ1v) is 9.37. The SMILES string of the molecule is O=C1C=Cc2ccccc2C1=O.c1ccc(C2CCc3ccccc3O2)cc1. The Morgan fingerprint density at radius 1 is 0.750 bits per heavy atom. The summed E-state index contributed by atoms with van der Waals surface area (Å²) in [6, 6.07) is 25.8. The van der Waals surface area contributed by atoms with Crippen LogP contribution in [0.3, 0.4) is 0 Å². The van der Waals surface area contributed by atoms with Gasteiger partial charge in [-0.1, -0.05) is 78.9 Å². The molecule has 3 aromatic rings. The van der Waals surface area contributed by atoms with Gasteiger partial charge in [0.25, 0.3) is 0 Å².